The Hall–Kier alpha value is -1.94. The van der Waals surface area contributed by atoms with Gasteiger partial charge >= 0.3 is 0 Å². The molecule has 0 N–H and O–H groups in total. The number of likely N-dealkylation sites (tertiary alicyclic amines) is 1. The van der Waals surface area contributed by atoms with Gasteiger partial charge < -0.3 is 4.74 Å². The van der Waals surface area contributed by atoms with Gasteiger partial charge in [0.1, 0.15) is 18.2 Å². The van der Waals surface area contributed by atoms with Crippen LogP contribution in [0.1, 0.15) is 24.8 Å². The zero-order valence-electron chi connectivity index (χ0n) is 13.1. The number of hydrogen-bond donors (Lipinski definition) is 0. The van der Waals surface area contributed by atoms with E-state index in [-0.39, 0.29) is 5.82 Å². The molecule has 0 spiro atoms. The van der Waals surface area contributed by atoms with Gasteiger partial charge in [-0.25, -0.2) is 4.39 Å². The first kappa shape index (κ1) is 14.6. The molecule has 3 nitrogen and oxygen atoms in total. The zero-order chi connectivity index (χ0) is 15.6. The highest BCUT2D eigenvalue weighted by Gasteiger charge is 2.45. The van der Waals surface area contributed by atoms with Crippen molar-refractivity contribution < 1.29 is 9.13 Å². The lowest BCUT2D eigenvalue weighted by Crippen LogP contribution is -2.43. The summed E-state index contributed by atoms with van der Waals surface area (Å²) in [6, 6.07) is 11.6. The third-order valence-electron chi connectivity index (χ3n) is 5.23. The molecule has 0 unspecified atom stereocenters. The Kier molecular flexibility index (Phi) is 4.00. The number of rotatable bonds is 5. The Morgan fingerprint density at radius 2 is 1.87 bits per heavy atom. The van der Waals surface area contributed by atoms with E-state index in [1.807, 2.05) is 12.4 Å². The van der Waals surface area contributed by atoms with E-state index >= 15 is 0 Å². The van der Waals surface area contributed by atoms with Crippen molar-refractivity contribution >= 4 is 0 Å². The van der Waals surface area contributed by atoms with Crippen LogP contribution in [0.5, 0.6) is 5.75 Å². The average molecular weight is 312 g/mol. The molecule has 0 radical (unpaired) electrons. The number of piperidine rings is 1. The lowest BCUT2D eigenvalue weighted by molar-refractivity contribution is 0.0867. The van der Waals surface area contributed by atoms with E-state index in [1.54, 1.807) is 12.1 Å². The molecule has 1 aromatic carbocycles. The third kappa shape index (κ3) is 3.08. The summed E-state index contributed by atoms with van der Waals surface area (Å²) in [6.07, 6.45) is 7.58. The monoisotopic (exact) mass is 312 g/mol. The Balaban J connectivity index is 1.44. The van der Waals surface area contributed by atoms with Gasteiger partial charge in [0.25, 0.3) is 0 Å². The molecule has 4 heteroatoms. The largest absolute Gasteiger partial charge is 0.492 e. The number of ether oxygens (including phenoxy) is 1. The standard InChI is InChI=1S/C19H21FN2O/c20-16-2-5-18(6-3-16)23-13-19-15-1-4-17(11-15)22(19)12-14-7-9-21-10-8-14/h2-3,5-10,15,17,19H,1,4,11-13H2/t15-,17+,19+/m1/s1. The smallest absolute Gasteiger partial charge is 0.123 e. The van der Waals surface area contributed by atoms with E-state index in [0.29, 0.717) is 18.7 Å². The second-order valence-corrected chi connectivity index (χ2v) is 6.59. The van der Waals surface area contributed by atoms with E-state index < -0.39 is 0 Å². The van der Waals surface area contributed by atoms with Crippen LogP contribution >= 0.6 is 0 Å². The van der Waals surface area contributed by atoms with Crippen molar-refractivity contribution in [2.24, 2.45) is 5.92 Å². The molecule has 2 bridgehead atoms. The highest BCUT2D eigenvalue weighted by Crippen LogP contribution is 2.43. The minimum atomic E-state index is -0.225. The van der Waals surface area contributed by atoms with Gasteiger partial charge in [-0.3, -0.25) is 9.88 Å². The molecule has 1 saturated heterocycles. The number of benzene rings is 1. The fourth-order valence-electron chi connectivity index (χ4n) is 4.07. The van der Waals surface area contributed by atoms with Gasteiger partial charge in [-0.15, -0.1) is 0 Å². The normalized spacial score (nSPS) is 26.6. The number of aromatic nitrogens is 1. The van der Waals surface area contributed by atoms with Crippen molar-refractivity contribution in [1.82, 2.24) is 9.88 Å². The molecule has 2 aliphatic rings. The van der Waals surface area contributed by atoms with Crippen LogP contribution in [0.4, 0.5) is 4.39 Å². The van der Waals surface area contributed by atoms with Gasteiger partial charge in [-0.2, -0.15) is 0 Å². The fraction of sp³-hybridized carbons (Fsp3) is 0.421. The van der Waals surface area contributed by atoms with Gasteiger partial charge in [0, 0.05) is 31.0 Å². The van der Waals surface area contributed by atoms with Gasteiger partial charge in [0.15, 0.2) is 0 Å². The second-order valence-electron chi connectivity index (χ2n) is 6.59. The minimum absolute atomic E-state index is 0.225. The SMILES string of the molecule is Fc1ccc(OC[C@H]2[C@@H]3CC[C@@H](C3)N2Cc2ccncc2)cc1. The maximum absolute atomic E-state index is 13.0. The Morgan fingerprint density at radius 1 is 1.09 bits per heavy atom. The molecule has 23 heavy (non-hydrogen) atoms. The molecule has 1 aliphatic carbocycles. The Morgan fingerprint density at radius 3 is 2.65 bits per heavy atom. The second kappa shape index (κ2) is 6.28. The molecule has 120 valence electrons. The van der Waals surface area contributed by atoms with Crippen LogP contribution < -0.4 is 4.74 Å². The average Bonchev–Trinajstić information content (AvgIpc) is 3.17. The third-order valence-corrected chi connectivity index (χ3v) is 5.23. The first-order chi connectivity index (χ1) is 11.3. The molecule has 4 rings (SSSR count). The number of halogens is 1. The molecule has 0 amide bonds. The predicted molar refractivity (Wildman–Crippen MR) is 86.6 cm³/mol. The summed E-state index contributed by atoms with van der Waals surface area (Å²) in [6.45, 7) is 1.64. The van der Waals surface area contributed by atoms with Gasteiger partial charge in [-0.05, 0) is 67.1 Å². The molecule has 1 aliphatic heterocycles. The Bertz CT molecular complexity index is 646. The first-order valence-electron chi connectivity index (χ1n) is 8.32. The summed E-state index contributed by atoms with van der Waals surface area (Å²) in [7, 11) is 0. The summed E-state index contributed by atoms with van der Waals surface area (Å²) < 4.78 is 18.9. The van der Waals surface area contributed by atoms with E-state index in [1.165, 1.54) is 37.0 Å². The zero-order valence-corrected chi connectivity index (χ0v) is 13.1. The van der Waals surface area contributed by atoms with E-state index in [0.717, 1.165) is 18.2 Å². The Labute approximate surface area is 136 Å². The van der Waals surface area contributed by atoms with Gasteiger partial charge in [0.2, 0.25) is 0 Å². The van der Waals surface area contributed by atoms with Crippen molar-refractivity contribution in [3.8, 4) is 5.75 Å². The summed E-state index contributed by atoms with van der Waals surface area (Å²) in [5.41, 5.74) is 1.30. The van der Waals surface area contributed by atoms with Crippen LogP contribution in [0.15, 0.2) is 48.8 Å². The molecule has 2 heterocycles. The lowest BCUT2D eigenvalue weighted by Gasteiger charge is -2.35. The number of hydrogen-bond acceptors (Lipinski definition) is 3. The predicted octanol–water partition coefficient (Wildman–Crippen LogP) is 3.65. The van der Waals surface area contributed by atoms with Crippen LogP contribution in [0.25, 0.3) is 0 Å². The number of nitrogens with zero attached hydrogens (tertiary/aromatic N) is 2. The number of fused-ring (bicyclic) bond motifs is 2. The van der Waals surface area contributed by atoms with Crippen LogP contribution in [0.2, 0.25) is 0 Å². The molecule has 1 aromatic heterocycles. The highest BCUT2D eigenvalue weighted by molar-refractivity contribution is 5.22. The van der Waals surface area contributed by atoms with Crippen LogP contribution in [-0.2, 0) is 6.54 Å². The fourth-order valence-corrected chi connectivity index (χ4v) is 4.07. The maximum atomic E-state index is 13.0. The van der Waals surface area contributed by atoms with Gasteiger partial charge in [0.05, 0.1) is 0 Å². The van der Waals surface area contributed by atoms with Gasteiger partial charge in [-0.1, -0.05) is 0 Å². The van der Waals surface area contributed by atoms with E-state index in [4.69, 9.17) is 4.74 Å². The molecule has 3 atom stereocenters. The maximum Gasteiger partial charge on any atom is 0.123 e. The van der Waals surface area contributed by atoms with Crippen molar-refractivity contribution in [2.45, 2.75) is 37.9 Å². The number of pyridine rings is 1. The summed E-state index contributed by atoms with van der Waals surface area (Å²) in [5.74, 6) is 1.25. The molecule has 2 fully saturated rings. The molecule has 1 saturated carbocycles. The van der Waals surface area contributed by atoms with Crippen molar-refractivity contribution in [3.63, 3.8) is 0 Å². The van der Waals surface area contributed by atoms with Crippen LogP contribution in [-0.4, -0.2) is 28.6 Å². The summed E-state index contributed by atoms with van der Waals surface area (Å²) in [4.78, 5) is 6.69. The van der Waals surface area contributed by atoms with Crippen LogP contribution in [0.3, 0.4) is 0 Å². The topological polar surface area (TPSA) is 25.4 Å². The molecular weight excluding hydrogens is 291 g/mol. The minimum Gasteiger partial charge on any atom is -0.492 e. The van der Waals surface area contributed by atoms with E-state index in [9.17, 15) is 4.39 Å². The van der Waals surface area contributed by atoms with Crippen molar-refractivity contribution in [2.75, 3.05) is 6.61 Å². The summed E-state index contributed by atoms with van der Waals surface area (Å²) >= 11 is 0. The highest BCUT2D eigenvalue weighted by atomic mass is 19.1. The first-order valence-corrected chi connectivity index (χ1v) is 8.32. The lowest BCUT2D eigenvalue weighted by atomic mass is 9.99. The quantitative estimate of drug-likeness (QED) is 0.842. The molecule has 2 aromatic rings. The van der Waals surface area contributed by atoms with E-state index in [2.05, 4.69) is 22.0 Å². The van der Waals surface area contributed by atoms with Crippen LogP contribution in [0, 0.1) is 11.7 Å². The van der Waals surface area contributed by atoms with Crippen molar-refractivity contribution in [1.29, 1.82) is 0 Å². The summed E-state index contributed by atoms with van der Waals surface area (Å²) in [5, 5.41) is 0. The molecular formula is C19H21FN2O. The van der Waals surface area contributed by atoms with Crippen molar-refractivity contribution in [3.05, 3.63) is 60.2 Å².